The zero-order valence-electron chi connectivity index (χ0n) is 10.3. The first-order chi connectivity index (χ1) is 8.38. The Morgan fingerprint density at radius 3 is 2.00 bits per heavy atom. The molecule has 0 spiro atoms. The summed E-state index contributed by atoms with van der Waals surface area (Å²) in [6.07, 6.45) is 6.51. The Bertz CT molecular complexity index is 551. The summed E-state index contributed by atoms with van der Waals surface area (Å²) in [5, 5.41) is 0. The van der Waals surface area contributed by atoms with Gasteiger partial charge in [0.25, 0.3) is 0 Å². The normalized spacial score (nSPS) is 11.1. The van der Waals surface area contributed by atoms with Crippen molar-refractivity contribution in [3.05, 3.63) is 40.1 Å². The largest absolute Gasteiger partial charge is 0.289 e. The van der Waals surface area contributed by atoms with Crippen molar-refractivity contribution < 1.29 is 13.2 Å². The van der Waals surface area contributed by atoms with Gasteiger partial charge in [0, 0.05) is 22.1 Å². The second kappa shape index (κ2) is 6.45. The van der Waals surface area contributed by atoms with Gasteiger partial charge in [-0.3, -0.25) is 4.79 Å². The number of carbonyl (C=O) groups excluding carboxylic acids is 1. The highest BCUT2D eigenvalue weighted by Gasteiger charge is 2.09. The van der Waals surface area contributed by atoms with Crippen molar-refractivity contribution in [2.24, 2.45) is 0 Å². The zero-order valence-corrected chi connectivity index (χ0v) is 12.8. The molecule has 0 radical (unpaired) electrons. The predicted molar refractivity (Wildman–Crippen MR) is 79.0 cm³/mol. The third-order valence-corrected chi connectivity index (χ3v) is 5.39. The summed E-state index contributed by atoms with van der Waals surface area (Å²) in [5.74, 6) is -0.117. The quantitative estimate of drug-likeness (QED) is 0.618. The monoisotopic (exact) mass is 302 g/mol. The summed E-state index contributed by atoms with van der Waals surface area (Å²) in [7, 11) is -3.21. The van der Waals surface area contributed by atoms with E-state index in [1.807, 2.05) is 12.5 Å². The van der Waals surface area contributed by atoms with Crippen LogP contribution in [0.5, 0.6) is 0 Å². The van der Waals surface area contributed by atoms with Gasteiger partial charge in [-0.25, -0.2) is 8.42 Å². The molecule has 98 valence electrons. The first-order valence-electron chi connectivity index (χ1n) is 5.02. The molecule has 1 rings (SSSR count). The van der Waals surface area contributed by atoms with Gasteiger partial charge in [-0.1, -0.05) is 0 Å². The molecule has 0 saturated carbocycles. The maximum atomic E-state index is 11.9. The second-order valence-corrected chi connectivity index (χ2v) is 7.50. The lowest BCUT2D eigenvalue weighted by molar-refractivity contribution is 0.104. The van der Waals surface area contributed by atoms with E-state index in [2.05, 4.69) is 0 Å². The molecule has 0 heterocycles. The number of carbonyl (C=O) groups is 1. The van der Waals surface area contributed by atoms with E-state index in [1.54, 1.807) is 6.08 Å². The number of ketones is 1. The highest BCUT2D eigenvalue weighted by Crippen LogP contribution is 2.24. The van der Waals surface area contributed by atoms with Gasteiger partial charge in [-0.05, 0) is 36.8 Å². The fourth-order valence-corrected chi connectivity index (χ4v) is 3.00. The van der Waals surface area contributed by atoms with E-state index in [4.69, 9.17) is 0 Å². The molecule has 0 aromatic heterocycles. The minimum absolute atomic E-state index is 0.117. The van der Waals surface area contributed by atoms with Crippen LogP contribution in [0.25, 0.3) is 0 Å². The SMILES string of the molecule is CSC(=CC(=O)c1ccc(S(C)(=O)=O)cc1)SC. The van der Waals surface area contributed by atoms with Crippen LogP contribution in [0, 0.1) is 0 Å². The Labute approximate surface area is 116 Å². The van der Waals surface area contributed by atoms with E-state index in [0.29, 0.717) is 5.56 Å². The Morgan fingerprint density at radius 2 is 1.61 bits per heavy atom. The minimum Gasteiger partial charge on any atom is -0.289 e. The molecule has 1 aromatic carbocycles. The van der Waals surface area contributed by atoms with Gasteiger partial charge in [0.05, 0.1) is 4.90 Å². The van der Waals surface area contributed by atoms with E-state index < -0.39 is 9.84 Å². The number of rotatable bonds is 5. The molecule has 0 aliphatic carbocycles. The molecule has 3 nitrogen and oxygen atoms in total. The van der Waals surface area contributed by atoms with Crippen molar-refractivity contribution >= 4 is 39.1 Å². The summed E-state index contributed by atoms with van der Waals surface area (Å²) in [6.45, 7) is 0. The molecule has 1 aromatic rings. The van der Waals surface area contributed by atoms with Crippen molar-refractivity contribution in [1.29, 1.82) is 0 Å². The third-order valence-electron chi connectivity index (χ3n) is 2.22. The van der Waals surface area contributed by atoms with Crippen LogP contribution in [-0.4, -0.2) is 33.0 Å². The van der Waals surface area contributed by atoms with Gasteiger partial charge in [-0.15, -0.1) is 23.5 Å². The molecular weight excluding hydrogens is 288 g/mol. The van der Waals surface area contributed by atoms with Crippen LogP contribution < -0.4 is 0 Å². The molecule has 0 amide bonds. The Morgan fingerprint density at radius 1 is 1.11 bits per heavy atom. The zero-order chi connectivity index (χ0) is 13.8. The highest BCUT2D eigenvalue weighted by molar-refractivity contribution is 8.21. The molecule has 18 heavy (non-hydrogen) atoms. The van der Waals surface area contributed by atoms with Crippen LogP contribution in [0.1, 0.15) is 10.4 Å². The molecule has 0 aliphatic heterocycles. The smallest absolute Gasteiger partial charge is 0.187 e. The Hall–Kier alpha value is -0.720. The first kappa shape index (κ1) is 15.3. The molecule has 0 fully saturated rings. The van der Waals surface area contributed by atoms with Crippen LogP contribution in [-0.2, 0) is 9.84 Å². The average Bonchev–Trinajstić information content (AvgIpc) is 2.34. The molecule has 0 aliphatic rings. The summed E-state index contributed by atoms with van der Waals surface area (Å²) in [6, 6.07) is 5.98. The maximum Gasteiger partial charge on any atom is 0.187 e. The van der Waals surface area contributed by atoms with Crippen LogP contribution in [0.15, 0.2) is 39.5 Å². The molecular formula is C12H14O3S3. The topological polar surface area (TPSA) is 51.2 Å². The second-order valence-electron chi connectivity index (χ2n) is 3.53. The van der Waals surface area contributed by atoms with Gasteiger partial charge < -0.3 is 0 Å². The van der Waals surface area contributed by atoms with Crippen LogP contribution in [0.3, 0.4) is 0 Å². The number of hydrogen-bond acceptors (Lipinski definition) is 5. The number of sulfone groups is 1. The Kier molecular flexibility index (Phi) is 5.49. The van der Waals surface area contributed by atoms with Gasteiger partial charge in [0.15, 0.2) is 15.6 Å². The predicted octanol–water partition coefficient (Wildman–Crippen LogP) is 2.84. The summed E-state index contributed by atoms with van der Waals surface area (Å²) < 4.78 is 23.5. The fourth-order valence-electron chi connectivity index (χ4n) is 1.26. The lowest BCUT2D eigenvalue weighted by Crippen LogP contribution is -1.99. The van der Waals surface area contributed by atoms with E-state index in [-0.39, 0.29) is 10.7 Å². The first-order valence-corrected chi connectivity index (χ1v) is 9.36. The number of allylic oxidation sites excluding steroid dienone is 1. The van der Waals surface area contributed by atoms with Crippen molar-refractivity contribution in [3.8, 4) is 0 Å². The van der Waals surface area contributed by atoms with Gasteiger partial charge in [0.1, 0.15) is 0 Å². The third kappa shape index (κ3) is 4.19. The molecule has 6 heteroatoms. The van der Waals surface area contributed by atoms with Gasteiger partial charge in [-0.2, -0.15) is 0 Å². The minimum atomic E-state index is -3.21. The van der Waals surface area contributed by atoms with Crippen molar-refractivity contribution in [3.63, 3.8) is 0 Å². The molecule has 0 unspecified atom stereocenters. The van der Waals surface area contributed by atoms with Crippen LogP contribution in [0.4, 0.5) is 0 Å². The van der Waals surface area contributed by atoms with E-state index in [0.717, 1.165) is 10.5 Å². The van der Waals surface area contributed by atoms with E-state index >= 15 is 0 Å². The summed E-state index contributed by atoms with van der Waals surface area (Å²) >= 11 is 3.02. The van der Waals surface area contributed by atoms with Crippen molar-refractivity contribution in [1.82, 2.24) is 0 Å². The molecule has 0 saturated heterocycles. The Balaban J connectivity index is 3.00. The lowest BCUT2D eigenvalue weighted by Gasteiger charge is -2.01. The van der Waals surface area contributed by atoms with Gasteiger partial charge in [0.2, 0.25) is 0 Å². The number of hydrogen-bond donors (Lipinski definition) is 0. The van der Waals surface area contributed by atoms with Crippen molar-refractivity contribution in [2.45, 2.75) is 4.90 Å². The van der Waals surface area contributed by atoms with Crippen LogP contribution in [0.2, 0.25) is 0 Å². The number of benzene rings is 1. The van der Waals surface area contributed by atoms with E-state index in [1.165, 1.54) is 47.8 Å². The average molecular weight is 302 g/mol. The molecule has 0 N–H and O–H groups in total. The standard InChI is InChI=1S/C12H14O3S3/c1-16-12(17-2)8-11(13)9-4-6-10(7-5-9)18(3,14)15/h4-8H,1-3H3. The van der Waals surface area contributed by atoms with E-state index in [9.17, 15) is 13.2 Å². The summed E-state index contributed by atoms with van der Waals surface area (Å²) in [4.78, 5) is 12.1. The molecule has 0 bridgehead atoms. The fraction of sp³-hybridized carbons (Fsp3) is 0.250. The van der Waals surface area contributed by atoms with Crippen LogP contribution >= 0.6 is 23.5 Å². The van der Waals surface area contributed by atoms with Gasteiger partial charge >= 0.3 is 0 Å². The van der Waals surface area contributed by atoms with Crippen molar-refractivity contribution in [2.75, 3.05) is 18.8 Å². The summed E-state index contributed by atoms with van der Waals surface area (Å²) in [5.41, 5.74) is 0.489. The molecule has 0 atom stereocenters. The highest BCUT2D eigenvalue weighted by atomic mass is 32.2. The lowest BCUT2D eigenvalue weighted by atomic mass is 10.1. The maximum absolute atomic E-state index is 11.9. The number of thioether (sulfide) groups is 2.